The molecule has 0 aliphatic heterocycles. The molecular formula is C17H12BrF3N4O3S. The van der Waals surface area contributed by atoms with Gasteiger partial charge in [-0.1, -0.05) is 15.9 Å². The Hall–Kier alpha value is -2.73. The van der Waals surface area contributed by atoms with Gasteiger partial charge in [0.15, 0.2) is 15.7 Å². The van der Waals surface area contributed by atoms with Gasteiger partial charge in [0.2, 0.25) is 0 Å². The van der Waals surface area contributed by atoms with Crippen molar-refractivity contribution in [1.82, 2.24) is 14.8 Å². The lowest BCUT2D eigenvalue weighted by molar-refractivity contribution is -0.137. The van der Waals surface area contributed by atoms with Crippen LogP contribution in [-0.2, 0) is 16.0 Å². The Kier molecular flexibility index (Phi) is 5.50. The Bertz CT molecular complexity index is 1180. The standard InChI is InChI=1S/C17H12BrF3N4O3S/c1-29(27,28)14-5-12(18)4-13(6-14)24-16(26)10-7-23-25(9-10)15-3-2-11(8-22-15)17(19,20)21/h2-9H,1H3,(H,24,26). The number of halogens is 4. The average Bonchev–Trinajstić information content (AvgIpc) is 3.10. The number of rotatable bonds is 4. The van der Waals surface area contributed by atoms with Gasteiger partial charge in [-0.15, -0.1) is 0 Å². The molecule has 3 rings (SSSR count). The molecule has 7 nitrogen and oxygen atoms in total. The summed E-state index contributed by atoms with van der Waals surface area (Å²) in [6.07, 6.45) is -0.285. The van der Waals surface area contributed by atoms with Crippen LogP contribution in [0.5, 0.6) is 0 Å². The second-order valence-electron chi connectivity index (χ2n) is 5.98. The van der Waals surface area contributed by atoms with Gasteiger partial charge in [-0.25, -0.2) is 18.1 Å². The summed E-state index contributed by atoms with van der Waals surface area (Å²) < 4.78 is 62.9. The Morgan fingerprint density at radius 2 is 1.90 bits per heavy atom. The first kappa shape index (κ1) is 21.0. The molecule has 0 saturated heterocycles. The molecule has 0 aliphatic rings. The van der Waals surface area contributed by atoms with E-state index in [1.807, 2.05) is 0 Å². The number of nitrogens with zero attached hydrogens (tertiary/aromatic N) is 3. The van der Waals surface area contributed by atoms with Crippen molar-refractivity contribution in [3.8, 4) is 5.82 Å². The summed E-state index contributed by atoms with van der Waals surface area (Å²) in [5.41, 5.74) is -0.555. The molecular weight excluding hydrogens is 477 g/mol. The molecule has 0 bridgehead atoms. The van der Waals surface area contributed by atoms with Crippen molar-refractivity contribution in [3.05, 3.63) is 64.5 Å². The number of hydrogen-bond acceptors (Lipinski definition) is 5. The van der Waals surface area contributed by atoms with Crippen LogP contribution in [0.4, 0.5) is 18.9 Å². The van der Waals surface area contributed by atoms with Crippen LogP contribution in [0.1, 0.15) is 15.9 Å². The highest BCUT2D eigenvalue weighted by atomic mass is 79.9. The number of carbonyl (C=O) groups excluding carboxylic acids is 1. The van der Waals surface area contributed by atoms with E-state index in [1.165, 1.54) is 30.6 Å². The fraction of sp³-hybridized carbons (Fsp3) is 0.118. The van der Waals surface area contributed by atoms with Gasteiger partial charge in [0.1, 0.15) is 0 Å². The molecule has 3 aromatic rings. The summed E-state index contributed by atoms with van der Waals surface area (Å²) in [4.78, 5) is 16.1. The molecule has 152 valence electrons. The first-order valence-corrected chi connectivity index (χ1v) is 10.5. The van der Waals surface area contributed by atoms with E-state index in [-0.39, 0.29) is 22.0 Å². The van der Waals surface area contributed by atoms with Crippen molar-refractivity contribution < 1.29 is 26.4 Å². The summed E-state index contributed by atoms with van der Waals surface area (Å²) in [7, 11) is -3.48. The first-order valence-electron chi connectivity index (χ1n) is 7.84. The van der Waals surface area contributed by atoms with Crippen molar-refractivity contribution in [3.63, 3.8) is 0 Å². The normalized spacial score (nSPS) is 12.0. The third kappa shape index (κ3) is 5.01. The van der Waals surface area contributed by atoms with Gasteiger partial charge in [0.05, 0.1) is 22.2 Å². The third-order valence-electron chi connectivity index (χ3n) is 3.71. The van der Waals surface area contributed by atoms with Crippen molar-refractivity contribution >= 4 is 37.4 Å². The zero-order chi connectivity index (χ0) is 21.4. The monoisotopic (exact) mass is 488 g/mol. The molecule has 2 aromatic heterocycles. The van der Waals surface area contributed by atoms with E-state index >= 15 is 0 Å². The minimum atomic E-state index is -4.50. The number of amides is 1. The quantitative estimate of drug-likeness (QED) is 0.604. The molecule has 0 radical (unpaired) electrons. The largest absolute Gasteiger partial charge is 0.417 e. The summed E-state index contributed by atoms with van der Waals surface area (Å²) in [5.74, 6) is -0.486. The smallest absolute Gasteiger partial charge is 0.322 e. The second kappa shape index (κ2) is 7.59. The van der Waals surface area contributed by atoms with Crippen LogP contribution in [-0.4, -0.2) is 35.3 Å². The number of alkyl halides is 3. The number of nitrogens with one attached hydrogen (secondary N) is 1. The molecule has 12 heteroatoms. The van der Waals surface area contributed by atoms with Crippen molar-refractivity contribution in [2.75, 3.05) is 11.6 Å². The average molecular weight is 489 g/mol. The number of anilines is 1. The molecule has 29 heavy (non-hydrogen) atoms. The molecule has 1 N–H and O–H groups in total. The fourth-order valence-electron chi connectivity index (χ4n) is 2.31. The lowest BCUT2D eigenvalue weighted by Gasteiger charge is -2.07. The molecule has 0 atom stereocenters. The number of aromatic nitrogens is 3. The predicted molar refractivity (Wildman–Crippen MR) is 102 cm³/mol. The van der Waals surface area contributed by atoms with E-state index in [4.69, 9.17) is 0 Å². The SMILES string of the molecule is CS(=O)(=O)c1cc(Br)cc(NC(=O)c2cnn(-c3ccc(C(F)(F)F)cn3)c2)c1. The second-order valence-corrected chi connectivity index (χ2v) is 8.91. The van der Waals surface area contributed by atoms with Crippen molar-refractivity contribution in [1.29, 1.82) is 0 Å². The van der Waals surface area contributed by atoms with Gasteiger partial charge in [0, 0.05) is 28.8 Å². The van der Waals surface area contributed by atoms with Crippen LogP contribution >= 0.6 is 15.9 Å². The fourth-order valence-corrected chi connectivity index (χ4v) is 3.63. The molecule has 1 aromatic carbocycles. The van der Waals surface area contributed by atoms with Gasteiger partial charge in [-0.2, -0.15) is 18.3 Å². The maximum Gasteiger partial charge on any atom is 0.417 e. The van der Waals surface area contributed by atoms with Crippen molar-refractivity contribution in [2.45, 2.75) is 11.1 Å². The van der Waals surface area contributed by atoms with E-state index in [9.17, 15) is 26.4 Å². The van der Waals surface area contributed by atoms with Crippen LogP contribution in [0.25, 0.3) is 5.82 Å². The van der Waals surface area contributed by atoms with Gasteiger partial charge >= 0.3 is 6.18 Å². The number of hydrogen-bond donors (Lipinski definition) is 1. The number of benzene rings is 1. The van der Waals surface area contributed by atoms with Gasteiger partial charge in [0.25, 0.3) is 5.91 Å². The number of pyridine rings is 1. The Morgan fingerprint density at radius 1 is 1.17 bits per heavy atom. The molecule has 0 fully saturated rings. The minimum Gasteiger partial charge on any atom is -0.322 e. The molecule has 0 unspecified atom stereocenters. The molecule has 0 spiro atoms. The van der Waals surface area contributed by atoms with Crippen molar-refractivity contribution in [2.24, 2.45) is 0 Å². The maximum atomic E-state index is 12.6. The third-order valence-corrected chi connectivity index (χ3v) is 5.26. The van der Waals surface area contributed by atoms with E-state index < -0.39 is 27.5 Å². The van der Waals surface area contributed by atoms with E-state index in [0.29, 0.717) is 10.7 Å². The highest BCUT2D eigenvalue weighted by Gasteiger charge is 2.30. The van der Waals surface area contributed by atoms with Crippen LogP contribution in [0.15, 0.2) is 58.3 Å². The minimum absolute atomic E-state index is 0.0202. The van der Waals surface area contributed by atoms with Gasteiger partial charge in [-0.3, -0.25) is 4.79 Å². The van der Waals surface area contributed by atoms with Crippen LogP contribution < -0.4 is 5.32 Å². The predicted octanol–water partition coefficient (Wildman–Crippen LogP) is 3.70. The zero-order valence-electron chi connectivity index (χ0n) is 14.6. The summed E-state index contributed by atoms with van der Waals surface area (Å²) >= 11 is 3.19. The zero-order valence-corrected chi connectivity index (χ0v) is 17.0. The summed E-state index contributed by atoms with van der Waals surface area (Å²) in [6, 6.07) is 6.22. The number of sulfone groups is 1. The summed E-state index contributed by atoms with van der Waals surface area (Å²) in [5, 5.41) is 6.47. The highest BCUT2D eigenvalue weighted by molar-refractivity contribution is 9.10. The first-order chi connectivity index (χ1) is 13.4. The molecule has 1 amide bonds. The lowest BCUT2D eigenvalue weighted by atomic mass is 10.2. The van der Waals surface area contributed by atoms with Gasteiger partial charge in [-0.05, 0) is 30.3 Å². The van der Waals surface area contributed by atoms with Crippen LogP contribution in [0.3, 0.4) is 0 Å². The van der Waals surface area contributed by atoms with E-state index in [1.54, 1.807) is 0 Å². The van der Waals surface area contributed by atoms with Crippen LogP contribution in [0.2, 0.25) is 0 Å². The maximum absolute atomic E-state index is 12.6. The van der Waals surface area contributed by atoms with E-state index in [2.05, 4.69) is 31.3 Å². The van der Waals surface area contributed by atoms with Crippen LogP contribution in [0, 0.1) is 0 Å². The Labute approximate surface area is 171 Å². The summed E-state index contributed by atoms with van der Waals surface area (Å²) in [6.45, 7) is 0. The molecule has 0 aliphatic carbocycles. The highest BCUT2D eigenvalue weighted by Crippen LogP contribution is 2.28. The topological polar surface area (TPSA) is 94.0 Å². The number of carbonyl (C=O) groups is 1. The lowest BCUT2D eigenvalue weighted by Crippen LogP contribution is -2.12. The molecule has 0 saturated carbocycles. The molecule has 2 heterocycles. The van der Waals surface area contributed by atoms with E-state index in [0.717, 1.165) is 23.1 Å². The Balaban J connectivity index is 1.81. The Morgan fingerprint density at radius 3 is 2.48 bits per heavy atom. The van der Waals surface area contributed by atoms with Gasteiger partial charge < -0.3 is 5.32 Å².